The van der Waals surface area contributed by atoms with Crippen LogP contribution in [-0.2, 0) is 0 Å². The SMILES string of the molecule is CC(NN)c1ccc(F)cc1.Cl. The maximum absolute atomic E-state index is 12.4. The summed E-state index contributed by atoms with van der Waals surface area (Å²) in [4.78, 5) is 0. The molecule has 68 valence electrons. The fourth-order valence-corrected chi connectivity index (χ4v) is 0.848. The van der Waals surface area contributed by atoms with E-state index in [1.807, 2.05) is 6.92 Å². The van der Waals surface area contributed by atoms with Crippen molar-refractivity contribution in [1.82, 2.24) is 5.43 Å². The van der Waals surface area contributed by atoms with E-state index in [0.717, 1.165) is 5.56 Å². The number of halogens is 2. The zero-order valence-corrected chi connectivity index (χ0v) is 7.57. The van der Waals surface area contributed by atoms with Crippen LogP contribution in [0.5, 0.6) is 0 Å². The van der Waals surface area contributed by atoms with E-state index in [0.29, 0.717) is 0 Å². The summed E-state index contributed by atoms with van der Waals surface area (Å²) in [5.74, 6) is 4.97. The highest BCUT2D eigenvalue weighted by atomic mass is 35.5. The van der Waals surface area contributed by atoms with Crippen molar-refractivity contribution >= 4 is 12.4 Å². The monoisotopic (exact) mass is 190 g/mol. The summed E-state index contributed by atoms with van der Waals surface area (Å²) in [7, 11) is 0. The minimum atomic E-state index is -0.224. The minimum absolute atomic E-state index is 0. The number of hydrazine groups is 1. The predicted molar refractivity (Wildman–Crippen MR) is 49.4 cm³/mol. The molecule has 1 aromatic rings. The van der Waals surface area contributed by atoms with E-state index in [1.54, 1.807) is 12.1 Å². The molecule has 0 aliphatic rings. The van der Waals surface area contributed by atoms with Crippen LogP contribution in [-0.4, -0.2) is 0 Å². The molecule has 3 N–H and O–H groups in total. The highest BCUT2D eigenvalue weighted by molar-refractivity contribution is 5.85. The highest BCUT2D eigenvalue weighted by Gasteiger charge is 2.00. The molecule has 0 amide bonds. The Labute approximate surface area is 77.3 Å². The largest absolute Gasteiger partial charge is 0.271 e. The maximum atomic E-state index is 12.4. The van der Waals surface area contributed by atoms with E-state index in [9.17, 15) is 4.39 Å². The molecule has 1 unspecified atom stereocenters. The summed E-state index contributed by atoms with van der Waals surface area (Å²) in [6.07, 6.45) is 0. The molecule has 12 heavy (non-hydrogen) atoms. The molecule has 0 aromatic heterocycles. The van der Waals surface area contributed by atoms with Crippen LogP contribution in [0.25, 0.3) is 0 Å². The molecule has 0 saturated heterocycles. The summed E-state index contributed by atoms with van der Waals surface area (Å²) in [5.41, 5.74) is 3.56. The Bertz CT molecular complexity index is 225. The number of hydrogen-bond acceptors (Lipinski definition) is 2. The van der Waals surface area contributed by atoms with Crippen molar-refractivity contribution in [1.29, 1.82) is 0 Å². The summed E-state index contributed by atoms with van der Waals surface area (Å²) < 4.78 is 12.4. The fourth-order valence-electron chi connectivity index (χ4n) is 0.848. The third-order valence-corrected chi connectivity index (χ3v) is 1.62. The van der Waals surface area contributed by atoms with E-state index in [4.69, 9.17) is 5.84 Å². The van der Waals surface area contributed by atoms with Crippen LogP contribution in [0.1, 0.15) is 18.5 Å². The second kappa shape index (κ2) is 5.09. The normalized spacial score (nSPS) is 11.9. The Morgan fingerprint density at radius 3 is 2.25 bits per heavy atom. The first-order valence-electron chi connectivity index (χ1n) is 3.45. The van der Waals surface area contributed by atoms with E-state index in [-0.39, 0.29) is 24.3 Å². The van der Waals surface area contributed by atoms with Crippen LogP contribution in [0.3, 0.4) is 0 Å². The van der Waals surface area contributed by atoms with Gasteiger partial charge >= 0.3 is 0 Å². The number of nitrogens with two attached hydrogens (primary N) is 1. The molecular formula is C8H12ClFN2. The summed E-state index contributed by atoms with van der Waals surface area (Å²) in [6, 6.07) is 6.32. The Hall–Kier alpha value is -0.640. The number of hydrogen-bond donors (Lipinski definition) is 2. The maximum Gasteiger partial charge on any atom is 0.123 e. The van der Waals surface area contributed by atoms with E-state index < -0.39 is 0 Å². The van der Waals surface area contributed by atoms with Gasteiger partial charge < -0.3 is 0 Å². The molecule has 0 fully saturated rings. The van der Waals surface area contributed by atoms with Gasteiger partial charge in [-0.1, -0.05) is 12.1 Å². The third kappa shape index (κ3) is 2.77. The molecule has 0 aliphatic carbocycles. The van der Waals surface area contributed by atoms with Gasteiger partial charge in [0, 0.05) is 6.04 Å². The molecule has 1 rings (SSSR count). The van der Waals surface area contributed by atoms with Crippen molar-refractivity contribution in [2.75, 3.05) is 0 Å². The molecule has 0 saturated carbocycles. The van der Waals surface area contributed by atoms with E-state index in [1.165, 1.54) is 12.1 Å². The van der Waals surface area contributed by atoms with Gasteiger partial charge in [-0.2, -0.15) is 0 Å². The fraction of sp³-hybridized carbons (Fsp3) is 0.250. The molecule has 1 aromatic carbocycles. The van der Waals surface area contributed by atoms with Crippen molar-refractivity contribution in [3.63, 3.8) is 0 Å². The molecule has 0 radical (unpaired) electrons. The van der Waals surface area contributed by atoms with Gasteiger partial charge in [-0.05, 0) is 24.6 Å². The van der Waals surface area contributed by atoms with Crippen molar-refractivity contribution in [3.8, 4) is 0 Å². The van der Waals surface area contributed by atoms with Gasteiger partial charge in [-0.25, -0.2) is 4.39 Å². The standard InChI is InChI=1S/C8H11FN2.ClH/c1-6(11-10)7-2-4-8(9)5-3-7;/h2-6,11H,10H2,1H3;1H. The van der Waals surface area contributed by atoms with Gasteiger partial charge in [0.15, 0.2) is 0 Å². The molecule has 0 spiro atoms. The lowest BCUT2D eigenvalue weighted by Gasteiger charge is -2.08. The van der Waals surface area contributed by atoms with Gasteiger partial charge in [0.1, 0.15) is 5.82 Å². The smallest absolute Gasteiger partial charge is 0.123 e. The predicted octanol–water partition coefficient (Wildman–Crippen LogP) is 1.77. The van der Waals surface area contributed by atoms with Crippen LogP contribution in [0.15, 0.2) is 24.3 Å². The van der Waals surface area contributed by atoms with E-state index in [2.05, 4.69) is 5.43 Å². The second-order valence-corrected chi connectivity index (χ2v) is 2.44. The van der Waals surface area contributed by atoms with Gasteiger partial charge in [0.25, 0.3) is 0 Å². The van der Waals surface area contributed by atoms with Gasteiger partial charge in [-0.3, -0.25) is 11.3 Å². The van der Waals surface area contributed by atoms with E-state index >= 15 is 0 Å². The van der Waals surface area contributed by atoms with Crippen LogP contribution in [0.2, 0.25) is 0 Å². The second-order valence-electron chi connectivity index (χ2n) is 2.44. The van der Waals surface area contributed by atoms with Crippen LogP contribution in [0.4, 0.5) is 4.39 Å². The topological polar surface area (TPSA) is 38.0 Å². The number of nitrogens with one attached hydrogen (secondary N) is 1. The Morgan fingerprint density at radius 2 is 1.83 bits per heavy atom. The van der Waals surface area contributed by atoms with Gasteiger partial charge in [-0.15, -0.1) is 12.4 Å². The van der Waals surface area contributed by atoms with Crippen LogP contribution in [0, 0.1) is 5.82 Å². The Morgan fingerprint density at radius 1 is 1.33 bits per heavy atom. The first-order chi connectivity index (χ1) is 5.24. The molecule has 2 nitrogen and oxygen atoms in total. The first kappa shape index (κ1) is 11.4. The molecule has 1 atom stereocenters. The highest BCUT2D eigenvalue weighted by Crippen LogP contribution is 2.10. The minimum Gasteiger partial charge on any atom is -0.271 e. The van der Waals surface area contributed by atoms with Gasteiger partial charge in [0.05, 0.1) is 0 Å². The molecular weight excluding hydrogens is 179 g/mol. The first-order valence-corrected chi connectivity index (χ1v) is 3.45. The van der Waals surface area contributed by atoms with Gasteiger partial charge in [0.2, 0.25) is 0 Å². The average molecular weight is 191 g/mol. The van der Waals surface area contributed by atoms with Crippen molar-refractivity contribution < 1.29 is 4.39 Å². The van der Waals surface area contributed by atoms with Crippen molar-refractivity contribution in [3.05, 3.63) is 35.6 Å². The summed E-state index contributed by atoms with van der Waals surface area (Å²) in [6.45, 7) is 1.91. The number of benzene rings is 1. The zero-order chi connectivity index (χ0) is 8.27. The summed E-state index contributed by atoms with van der Waals surface area (Å²) >= 11 is 0. The third-order valence-electron chi connectivity index (χ3n) is 1.62. The number of rotatable bonds is 2. The van der Waals surface area contributed by atoms with Crippen molar-refractivity contribution in [2.45, 2.75) is 13.0 Å². The molecule has 0 aliphatic heterocycles. The Kier molecular flexibility index (Phi) is 4.81. The van der Waals surface area contributed by atoms with Crippen LogP contribution >= 0.6 is 12.4 Å². The lowest BCUT2D eigenvalue weighted by molar-refractivity contribution is 0.595. The quantitative estimate of drug-likeness (QED) is 0.551. The summed E-state index contributed by atoms with van der Waals surface area (Å²) in [5, 5.41) is 0. The average Bonchev–Trinajstić information content (AvgIpc) is 2.05. The zero-order valence-electron chi connectivity index (χ0n) is 6.75. The molecule has 4 heteroatoms. The van der Waals surface area contributed by atoms with Crippen molar-refractivity contribution in [2.24, 2.45) is 5.84 Å². The Balaban J connectivity index is 0.00000121. The lowest BCUT2D eigenvalue weighted by Crippen LogP contribution is -2.25. The van der Waals surface area contributed by atoms with Crippen LogP contribution < -0.4 is 11.3 Å². The molecule has 0 bridgehead atoms. The lowest BCUT2D eigenvalue weighted by atomic mass is 10.1. The molecule has 0 heterocycles.